The lowest BCUT2D eigenvalue weighted by Crippen LogP contribution is -2.33. The van der Waals surface area contributed by atoms with E-state index in [1.54, 1.807) is 36.4 Å². The zero-order valence-corrected chi connectivity index (χ0v) is 24.6. The molecule has 3 amide bonds. The van der Waals surface area contributed by atoms with E-state index in [2.05, 4.69) is 5.32 Å². The summed E-state index contributed by atoms with van der Waals surface area (Å²) in [6.07, 6.45) is -4.67. The van der Waals surface area contributed by atoms with Gasteiger partial charge < -0.3 is 5.32 Å². The van der Waals surface area contributed by atoms with Crippen LogP contribution < -0.4 is 15.1 Å². The third-order valence-electron chi connectivity index (χ3n) is 7.43. The van der Waals surface area contributed by atoms with Crippen LogP contribution in [0.3, 0.4) is 0 Å². The SMILES string of the molecule is Cc1ccccc1NC(=O)Cn1c2c(sc1=O)[C@@H](c1ccc(Cl)cc1)[C@@H]1C(=O)N(c3cccc(C(F)(F)F)c3)C(=O)[C@@H]1S2. The zero-order valence-electron chi connectivity index (χ0n) is 22.2. The highest BCUT2D eigenvalue weighted by molar-refractivity contribution is 8.00. The van der Waals surface area contributed by atoms with Crippen LogP contribution in [0.25, 0.3) is 0 Å². The molecule has 1 aromatic heterocycles. The number of aromatic nitrogens is 1. The molecule has 6 rings (SSSR count). The quantitative estimate of drug-likeness (QED) is 0.257. The average Bonchev–Trinajstić information content (AvgIpc) is 3.40. The van der Waals surface area contributed by atoms with Crippen LogP contribution in [-0.2, 0) is 27.1 Å². The fraction of sp³-hybridized carbons (Fsp3) is 0.200. The molecule has 7 nitrogen and oxygen atoms in total. The van der Waals surface area contributed by atoms with Gasteiger partial charge in [0.05, 0.1) is 22.2 Å². The molecule has 0 saturated carbocycles. The molecule has 3 atom stereocenters. The molecule has 0 unspecified atom stereocenters. The summed E-state index contributed by atoms with van der Waals surface area (Å²) in [5.74, 6) is -3.60. The number of fused-ring (bicyclic) bond motifs is 2. The summed E-state index contributed by atoms with van der Waals surface area (Å²) < 4.78 is 41.7. The first kappa shape index (κ1) is 29.2. The number of carbonyl (C=O) groups is 3. The molecule has 2 aliphatic heterocycles. The van der Waals surface area contributed by atoms with Gasteiger partial charge >= 0.3 is 11.0 Å². The van der Waals surface area contributed by atoms with E-state index in [-0.39, 0.29) is 12.2 Å². The van der Waals surface area contributed by atoms with Crippen LogP contribution in [0.4, 0.5) is 24.5 Å². The molecule has 4 aromatic rings. The Morgan fingerprint density at radius 1 is 0.977 bits per heavy atom. The minimum atomic E-state index is -4.67. The number of amides is 3. The summed E-state index contributed by atoms with van der Waals surface area (Å²) in [7, 11) is 0. The average molecular weight is 644 g/mol. The molecule has 3 heterocycles. The molecule has 43 heavy (non-hydrogen) atoms. The first-order chi connectivity index (χ1) is 20.4. The highest BCUT2D eigenvalue weighted by Crippen LogP contribution is 2.54. The van der Waals surface area contributed by atoms with Crippen molar-refractivity contribution in [2.24, 2.45) is 5.92 Å². The molecular weight excluding hydrogens is 623 g/mol. The Morgan fingerprint density at radius 3 is 2.40 bits per heavy atom. The molecular formula is C30H21ClF3N3O4S2. The zero-order chi connectivity index (χ0) is 30.6. The largest absolute Gasteiger partial charge is 0.416 e. The van der Waals surface area contributed by atoms with Gasteiger partial charge in [0.15, 0.2) is 0 Å². The van der Waals surface area contributed by atoms with Crippen molar-refractivity contribution in [2.45, 2.75) is 35.8 Å². The fourth-order valence-corrected chi connectivity index (χ4v) is 8.31. The Labute approximate surface area is 256 Å². The maximum atomic E-state index is 13.9. The van der Waals surface area contributed by atoms with E-state index in [1.165, 1.54) is 10.6 Å². The van der Waals surface area contributed by atoms with E-state index in [1.807, 2.05) is 19.1 Å². The maximum Gasteiger partial charge on any atom is 0.416 e. The Morgan fingerprint density at radius 2 is 1.70 bits per heavy atom. The monoisotopic (exact) mass is 643 g/mol. The fourth-order valence-electron chi connectivity index (χ4n) is 5.41. The van der Waals surface area contributed by atoms with Crippen LogP contribution in [0.15, 0.2) is 82.6 Å². The van der Waals surface area contributed by atoms with Gasteiger partial charge in [-0.1, -0.05) is 71.1 Å². The van der Waals surface area contributed by atoms with E-state index in [9.17, 15) is 32.3 Å². The van der Waals surface area contributed by atoms with Crippen LogP contribution in [0.5, 0.6) is 0 Å². The van der Waals surface area contributed by atoms with Crippen LogP contribution in [0.2, 0.25) is 5.02 Å². The van der Waals surface area contributed by atoms with Crippen LogP contribution >= 0.6 is 34.7 Å². The van der Waals surface area contributed by atoms with Gasteiger partial charge in [0, 0.05) is 21.5 Å². The Hall–Kier alpha value is -3.87. The first-order valence-corrected chi connectivity index (χ1v) is 15.1. The number of nitrogens with one attached hydrogen (secondary N) is 1. The molecule has 1 saturated heterocycles. The predicted molar refractivity (Wildman–Crippen MR) is 159 cm³/mol. The molecule has 2 aliphatic rings. The molecule has 1 N–H and O–H groups in total. The minimum Gasteiger partial charge on any atom is -0.324 e. The van der Waals surface area contributed by atoms with Crippen molar-refractivity contribution >= 4 is 63.8 Å². The van der Waals surface area contributed by atoms with Gasteiger partial charge in [-0.25, -0.2) is 4.90 Å². The summed E-state index contributed by atoms with van der Waals surface area (Å²) in [6.45, 7) is 1.50. The molecule has 0 aliphatic carbocycles. The van der Waals surface area contributed by atoms with Crippen molar-refractivity contribution in [3.63, 3.8) is 0 Å². The highest BCUT2D eigenvalue weighted by Gasteiger charge is 2.57. The lowest BCUT2D eigenvalue weighted by molar-refractivity contribution is -0.137. The van der Waals surface area contributed by atoms with Crippen molar-refractivity contribution in [3.8, 4) is 0 Å². The van der Waals surface area contributed by atoms with Crippen LogP contribution in [-0.4, -0.2) is 27.5 Å². The van der Waals surface area contributed by atoms with Crippen LogP contribution in [0, 0.1) is 12.8 Å². The molecule has 13 heteroatoms. The number of para-hydroxylation sites is 1. The highest BCUT2D eigenvalue weighted by atomic mass is 35.5. The maximum absolute atomic E-state index is 13.9. The van der Waals surface area contributed by atoms with Crippen molar-refractivity contribution in [1.82, 2.24) is 4.57 Å². The van der Waals surface area contributed by atoms with Gasteiger partial charge in [-0.3, -0.25) is 23.7 Å². The smallest absolute Gasteiger partial charge is 0.324 e. The number of hydrogen-bond acceptors (Lipinski definition) is 6. The number of hydrogen-bond donors (Lipinski definition) is 1. The number of thiazole rings is 1. The number of thioether (sulfide) groups is 1. The second-order valence-electron chi connectivity index (χ2n) is 10.1. The number of anilines is 2. The second kappa shape index (κ2) is 11.0. The van der Waals surface area contributed by atoms with Gasteiger partial charge in [0.25, 0.3) is 0 Å². The number of imide groups is 1. The number of aryl methyl sites for hydroxylation is 1. The lowest BCUT2D eigenvalue weighted by atomic mass is 9.83. The van der Waals surface area contributed by atoms with Gasteiger partial charge in [-0.2, -0.15) is 13.2 Å². The van der Waals surface area contributed by atoms with Crippen molar-refractivity contribution in [1.29, 1.82) is 0 Å². The molecule has 0 spiro atoms. The predicted octanol–water partition coefficient (Wildman–Crippen LogP) is 6.32. The topological polar surface area (TPSA) is 88.5 Å². The summed E-state index contributed by atoms with van der Waals surface area (Å²) in [5, 5.41) is 2.55. The number of rotatable bonds is 5. The number of nitrogens with zero attached hydrogens (tertiary/aromatic N) is 2. The van der Waals surface area contributed by atoms with E-state index in [0.29, 0.717) is 26.2 Å². The van der Waals surface area contributed by atoms with E-state index in [0.717, 1.165) is 51.8 Å². The van der Waals surface area contributed by atoms with E-state index in [4.69, 9.17) is 11.6 Å². The lowest BCUT2D eigenvalue weighted by Gasteiger charge is -2.30. The summed E-state index contributed by atoms with van der Waals surface area (Å²) in [5.41, 5.74) is 0.846. The minimum absolute atomic E-state index is 0.187. The van der Waals surface area contributed by atoms with Gasteiger partial charge in [0.1, 0.15) is 11.8 Å². The Kier molecular flexibility index (Phi) is 7.47. The number of alkyl halides is 3. The van der Waals surface area contributed by atoms with Gasteiger partial charge in [-0.05, 0) is 54.4 Å². The van der Waals surface area contributed by atoms with Gasteiger partial charge in [-0.15, -0.1) is 0 Å². The molecule has 0 bridgehead atoms. The number of benzene rings is 3. The van der Waals surface area contributed by atoms with Crippen molar-refractivity contribution in [2.75, 3.05) is 10.2 Å². The summed E-state index contributed by atoms with van der Waals surface area (Å²) >= 11 is 7.97. The van der Waals surface area contributed by atoms with Crippen molar-refractivity contribution < 1.29 is 27.6 Å². The third-order valence-corrected chi connectivity index (χ3v) is 10.3. The van der Waals surface area contributed by atoms with Gasteiger partial charge in [0.2, 0.25) is 17.7 Å². The van der Waals surface area contributed by atoms with E-state index < -0.39 is 51.4 Å². The number of carbonyl (C=O) groups excluding carboxylic acids is 3. The third kappa shape index (κ3) is 5.28. The molecule has 1 fully saturated rings. The second-order valence-corrected chi connectivity index (χ2v) is 12.7. The number of halogens is 4. The molecule has 220 valence electrons. The van der Waals surface area contributed by atoms with Crippen LogP contribution in [0.1, 0.15) is 27.5 Å². The Bertz CT molecular complexity index is 1840. The summed E-state index contributed by atoms with van der Waals surface area (Å²) in [6, 6.07) is 17.9. The first-order valence-electron chi connectivity index (χ1n) is 13.0. The Balaban J connectivity index is 1.41. The standard InChI is InChI=1S/C30H21ClF3N3O4S2/c1-15-5-2-3-8-20(15)35-21(38)14-36-28-25(43-29(36)41)22(16-9-11-18(31)12-10-16)23-24(42-28)27(40)37(26(23)39)19-7-4-6-17(13-19)30(32,33)34/h2-13,22-24H,14H2,1H3,(H,35,38)/t22-,23-,24+/m0/s1. The normalized spacial score (nSPS) is 19.7. The molecule has 3 aromatic carbocycles. The van der Waals surface area contributed by atoms with E-state index >= 15 is 0 Å². The molecule has 0 radical (unpaired) electrons. The summed E-state index contributed by atoms with van der Waals surface area (Å²) in [4.78, 5) is 54.9. The van der Waals surface area contributed by atoms with Crippen molar-refractivity contribution in [3.05, 3.63) is 109 Å².